The molecule has 5 rings (SSSR count). The van der Waals surface area contributed by atoms with Crippen LogP contribution in [0.15, 0.2) is 48.8 Å². The number of piperazine rings is 1. The van der Waals surface area contributed by atoms with Crippen LogP contribution in [0.25, 0.3) is 5.69 Å². The van der Waals surface area contributed by atoms with Crippen LogP contribution in [0, 0.1) is 6.92 Å². The maximum atomic E-state index is 5.38. The Kier molecular flexibility index (Phi) is 6.33. The third-order valence-corrected chi connectivity index (χ3v) is 6.81. The first-order valence-corrected chi connectivity index (χ1v) is 11.9. The van der Waals surface area contributed by atoms with Crippen LogP contribution in [0.2, 0.25) is 0 Å². The molecular weight excluding hydrogens is 412 g/mol. The van der Waals surface area contributed by atoms with Gasteiger partial charge in [0.15, 0.2) is 0 Å². The summed E-state index contributed by atoms with van der Waals surface area (Å²) >= 11 is 0. The van der Waals surface area contributed by atoms with Crippen LogP contribution in [0.1, 0.15) is 29.7 Å². The fourth-order valence-electron chi connectivity index (χ4n) is 4.66. The Hall–Kier alpha value is -2.90. The second kappa shape index (κ2) is 9.53. The van der Waals surface area contributed by atoms with Crippen LogP contribution in [0.3, 0.4) is 0 Å². The van der Waals surface area contributed by atoms with E-state index >= 15 is 0 Å². The Bertz CT molecular complexity index is 1050. The molecule has 3 aromatic rings. The smallest absolute Gasteiger partial charge is 0.137 e. The van der Waals surface area contributed by atoms with Gasteiger partial charge < -0.3 is 14.5 Å². The average molecular weight is 447 g/mol. The number of anilines is 1. The number of hydrogen-bond donors (Lipinski definition) is 0. The molecule has 1 saturated carbocycles. The summed E-state index contributed by atoms with van der Waals surface area (Å²) < 4.78 is 7.52. The van der Waals surface area contributed by atoms with E-state index in [1.165, 1.54) is 29.8 Å². The van der Waals surface area contributed by atoms with Gasteiger partial charge >= 0.3 is 0 Å². The Morgan fingerprint density at radius 2 is 1.79 bits per heavy atom. The predicted molar refractivity (Wildman–Crippen MR) is 131 cm³/mol. The van der Waals surface area contributed by atoms with Gasteiger partial charge in [-0.15, -0.1) is 0 Å². The molecule has 2 aliphatic rings. The molecule has 174 valence electrons. The highest BCUT2D eigenvalue weighted by Gasteiger charge is 2.32. The molecule has 2 fully saturated rings. The van der Waals surface area contributed by atoms with Gasteiger partial charge in [-0.05, 0) is 62.7 Å². The van der Waals surface area contributed by atoms with Crippen molar-refractivity contribution in [2.75, 3.05) is 45.2 Å². The number of nitrogens with zero attached hydrogens (tertiary/aromatic N) is 6. The van der Waals surface area contributed by atoms with Crippen molar-refractivity contribution in [3.05, 3.63) is 65.6 Å². The first-order chi connectivity index (χ1) is 16.1. The first kappa shape index (κ1) is 21.9. The molecule has 7 nitrogen and oxygen atoms in total. The Balaban J connectivity index is 1.50. The molecule has 0 spiro atoms. The van der Waals surface area contributed by atoms with E-state index in [-0.39, 0.29) is 0 Å². The number of hydrogen-bond acceptors (Lipinski definition) is 6. The van der Waals surface area contributed by atoms with Gasteiger partial charge in [0.2, 0.25) is 0 Å². The lowest BCUT2D eigenvalue weighted by Gasteiger charge is -2.35. The van der Waals surface area contributed by atoms with Crippen molar-refractivity contribution in [3.8, 4) is 11.4 Å². The van der Waals surface area contributed by atoms with Crippen molar-refractivity contribution in [2.45, 2.75) is 38.9 Å². The zero-order chi connectivity index (χ0) is 22.8. The highest BCUT2D eigenvalue weighted by atomic mass is 16.5. The van der Waals surface area contributed by atoms with E-state index in [2.05, 4.69) is 56.5 Å². The average Bonchev–Trinajstić information content (AvgIpc) is 3.64. The molecule has 2 aromatic heterocycles. The molecule has 1 aromatic carbocycles. The van der Waals surface area contributed by atoms with Crippen molar-refractivity contribution in [3.63, 3.8) is 0 Å². The second-order valence-corrected chi connectivity index (χ2v) is 9.29. The van der Waals surface area contributed by atoms with Crippen molar-refractivity contribution < 1.29 is 4.74 Å². The van der Waals surface area contributed by atoms with Crippen LogP contribution in [0.4, 0.5) is 5.82 Å². The number of ether oxygens (including phenoxy) is 1. The summed E-state index contributed by atoms with van der Waals surface area (Å²) in [6.07, 6.45) is 6.38. The molecule has 0 atom stereocenters. The Morgan fingerprint density at radius 1 is 1.03 bits per heavy atom. The predicted octanol–water partition coefficient (Wildman–Crippen LogP) is 3.50. The van der Waals surface area contributed by atoms with Crippen molar-refractivity contribution in [1.82, 2.24) is 24.6 Å². The van der Waals surface area contributed by atoms with Crippen LogP contribution in [0.5, 0.6) is 5.75 Å². The number of methoxy groups -OCH3 is 1. The van der Waals surface area contributed by atoms with E-state index < -0.39 is 0 Å². The van der Waals surface area contributed by atoms with Gasteiger partial charge in [0, 0.05) is 63.3 Å². The Morgan fingerprint density at radius 3 is 2.42 bits per heavy atom. The molecule has 0 bridgehead atoms. The van der Waals surface area contributed by atoms with Crippen molar-refractivity contribution in [1.29, 1.82) is 0 Å². The molecule has 0 amide bonds. The maximum absolute atomic E-state index is 5.38. The number of benzene rings is 1. The molecule has 0 unspecified atom stereocenters. The molecule has 33 heavy (non-hydrogen) atoms. The summed E-state index contributed by atoms with van der Waals surface area (Å²) in [5.41, 5.74) is 4.79. The minimum absolute atomic E-state index is 0.647. The number of pyridine rings is 1. The van der Waals surface area contributed by atoms with Gasteiger partial charge in [-0.25, -0.2) is 4.68 Å². The van der Waals surface area contributed by atoms with E-state index in [9.17, 15) is 0 Å². The van der Waals surface area contributed by atoms with E-state index in [4.69, 9.17) is 9.84 Å². The minimum Gasteiger partial charge on any atom is -0.497 e. The quantitative estimate of drug-likeness (QED) is 0.528. The topological polar surface area (TPSA) is 49.7 Å². The second-order valence-electron chi connectivity index (χ2n) is 9.29. The summed E-state index contributed by atoms with van der Waals surface area (Å²) in [7, 11) is 3.91. The monoisotopic (exact) mass is 446 g/mol. The molecule has 3 heterocycles. The van der Waals surface area contributed by atoms with Gasteiger partial charge in [-0.2, -0.15) is 5.10 Å². The molecule has 1 saturated heterocycles. The summed E-state index contributed by atoms with van der Waals surface area (Å²) in [5.74, 6) is 2.10. The normalized spacial score (nSPS) is 17.0. The largest absolute Gasteiger partial charge is 0.497 e. The van der Waals surface area contributed by atoms with Gasteiger partial charge in [-0.1, -0.05) is 6.07 Å². The van der Waals surface area contributed by atoms with E-state index in [1.54, 1.807) is 7.11 Å². The highest BCUT2D eigenvalue weighted by Crippen LogP contribution is 2.35. The molecule has 0 N–H and O–H groups in total. The SMILES string of the molecule is COc1ccc(-n2nc(C)c(CN(Cc3cccnc3)C3CC3)c2N2CCN(C)CC2)cc1. The molecule has 7 heteroatoms. The van der Waals surface area contributed by atoms with Crippen LogP contribution in [-0.4, -0.2) is 70.9 Å². The zero-order valence-corrected chi connectivity index (χ0v) is 19.9. The third kappa shape index (κ3) is 4.89. The van der Waals surface area contributed by atoms with E-state index in [0.717, 1.165) is 56.4 Å². The van der Waals surface area contributed by atoms with Crippen molar-refractivity contribution >= 4 is 5.82 Å². The fourth-order valence-corrected chi connectivity index (χ4v) is 4.66. The van der Waals surface area contributed by atoms with Crippen LogP contribution >= 0.6 is 0 Å². The summed E-state index contributed by atoms with van der Waals surface area (Å²) in [6, 6.07) is 13.1. The Labute approximate surface area is 196 Å². The molecule has 1 aliphatic heterocycles. The molecule has 0 radical (unpaired) electrons. The number of rotatable bonds is 8. The summed E-state index contributed by atoms with van der Waals surface area (Å²) in [5, 5.41) is 5.05. The molecular formula is C26H34N6O. The lowest BCUT2D eigenvalue weighted by atomic mass is 10.1. The van der Waals surface area contributed by atoms with Crippen LogP contribution < -0.4 is 9.64 Å². The van der Waals surface area contributed by atoms with Crippen LogP contribution in [-0.2, 0) is 13.1 Å². The molecule has 1 aliphatic carbocycles. The van der Waals surface area contributed by atoms with Gasteiger partial charge in [0.1, 0.15) is 11.6 Å². The minimum atomic E-state index is 0.647. The van der Waals surface area contributed by atoms with Gasteiger partial charge in [-0.3, -0.25) is 9.88 Å². The van der Waals surface area contributed by atoms with Gasteiger partial charge in [0.05, 0.1) is 18.5 Å². The fraction of sp³-hybridized carbons (Fsp3) is 0.462. The highest BCUT2D eigenvalue weighted by molar-refractivity contribution is 5.56. The van der Waals surface area contributed by atoms with E-state index in [0.29, 0.717) is 6.04 Å². The van der Waals surface area contributed by atoms with E-state index in [1.807, 2.05) is 30.6 Å². The van der Waals surface area contributed by atoms with Gasteiger partial charge in [0.25, 0.3) is 0 Å². The standard InChI is InChI=1S/C26H34N6O/c1-20-25(19-31(22-6-7-22)18-21-5-4-12-27-17-21)26(30-15-13-29(2)14-16-30)32(28-20)23-8-10-24(33-3)11-9-23/h4-5,8-12,17,22H,6-7,13-16,18-19H2,1-3H3. The lowest BCUT2D eigenvalue weighted by Crippen LogP contribution is -2.45. The maximum Gasteiger partial charge on any atom is 0.137 e. The number of aryl methyl sites for hydroxylation is 1. The van der Waals surface area contributed by atoms with Crippen molar-refractivity contribution in [2.24, 2.45) is 0 Å². The zero-order valence-electron chi connectivity index (χ0n) is 19.9. The lowest BCUT2D eigenvalue weighted by molar-refractivity contribution is 0.244. The summed E-state index contributed by atoms with van der Waals surface area (Å²) in [6.45, 7) is 8.14. The number of likely N-dealkylation sites (N-methyl/N-ethyl adjacent to an activating group) is 1. The number of aromatic nitrogens is 3. The first-order valence-electron chi connectivity index (χ1n) is 11.9. The summed E-state index contributed by atoms with van der Waals surface area (Å²) in [4.78, 5) is 11.9. The third-order valence-electron chi connectivity index (χ3n) is 6.81.